The van der Waals surface area contributed by atoms with Crippen molar-refractivity contribution < 1.29 is 9.90 Å². The number of carbonyl (C=O) groups is 1. The first-order chi connectivity index (χ1) is 8.95. The second-order valence-corrected chi connectivity index (χ2v) is 7.38. The van der Waals surface area contributed by atoms with Gasteiger partial charge in [0.25, 0.3) is 0 Å². The largest absolute Gasteiger partial charge is 0.395 e. The predicted molar refractivity (Wildman–Crippen MR) is 82.3 cm³/mol. The van der Waals surface area contributed by atoms with Gasteiger partial charge in [-0.15, -0.1) is 0 Å². The first kappa shape index (κ1) is 16.8. The Morgan fingerprint density at radius 2 is 1.89 bits per heavy atom. The maximum absolute atomic E-state index is 12.6. The summed E-state index contributed by atoms with van der Waals surface area (Å²) in [6.07, 6.45) is 7.33. The fourth-order valence-electron chi connectivity index (χ4n) is 3.25. The fraction of sp³-hybridized carbons (Fsp3) is 0.933. The molecule has 112 valence electrons. The van der Waals surface area contributed by atoms with E-state index in [1.165, 1.54) is 12.8 Å². The molecule has 4 heteroatoms. The van der Waals surface area contributed by atoms with Gasteiger partial charge in [-0.25, -0.2) is 0 Å². The van der Waals surface area contributed by atoms with Gasteiger partial charge in [-0.1, -0.05) is 26.7 Å². The van der Waals surface area contributed by atoms with Crippen LogP contribution < -0.4 is 5.32 Å². The van der Waals surface area contributed by atoms with Gasteiger partial charge in [0, 0.05) is 16.7 Å². The molecule has 1 aliphatic carbocycles. The minimum atomic E-state index is -0.152. The van der Waals surface area contributed by atoms with Crippen molar-refractivity contribution in [1.29, 1.82) is 0 Å². The normalized spacial score (nSPS) is 21.4. The van der Waals surface area contributed by atoms with Crippen molar-refractivity contribution in [3.63, 3.8) is 0 Å². The SMILES string of the molecule is CSC(CO)C(C)NC(=O)C1(CC(C)C)CCCC1. The lowest BCUT2D eigenvalue weighted by molar-refractivity contribution is -0.132. The molecule has 1 saturated carbocycles. The van der Waals surface area contributed by atoms with Gasteiger partial charge in [0.1, 0.15) is 0 Å². The van der Waals surface area contributed by atoms with Gasteiger partial charge in [-0.2, -0.15) is 11.8 Å². The molecule has 0 bridgehead atoms. The first-order valence-electron chi connectivity index (χ1n) is 7.40. The Morgan fingerprint density at radius 1 is 1.32 bits per heavy atom. The monoisotopic (exact) mass is 287 g/mol. The third kappa shape index (κ3) is 4.38. The van der Waals surface area contributed by atoms with E-state index in [4.69, 9.17) is 0 Å². The summed E-state index contributed by atoms with van der Waals surface area (Å²) in [6.45, 7) is 6.48. The molecule has 2 atom stereocenters. The second kappa shape index (κ2) is 7.53. The quantitative estimate of drug-likeness (QED) is 0.757. The summed E-state index contributed by atoms with van der Waals surface area (Å²) in [6, 6.07) is 0.0251. The van der Waals surface area contributed by atoms with Gasteiger partial charge >= 0.3 is 0 Å². The fourth-order valence-corrected chi connectivity index (χ4v) is 3.87. The Labute approximate surface area is 121 Å². The lowest BCUT2D eigenvalue weighted by Gasteiger charge is -2.32. The Hall–Kier alpha value is -0.220. The zero-order valence-corrected chi connectivity index (χ0v) is 13.6. The summed E-state index contributed by atoms with van der Waals surface area (Å²) >= 11 is 1.61. The van der Waals surface area contributed by atoms with E-state index >= 15 is 0 Å². The molecule has 3 nitrogen and oxygen atoms in total. The molecule has 1 rings (SSSR count). The van der Waals surface area contributed by atoms with E-state index < -0.39 is 0 Å². The average Bonchev–Trinajstić information content (AvgIpc) is 2.79. The second-order valence-electron chi connectivity index (χ2n) is 6.30. The van der Waals surface area contributed by atoms with Crippen LogP contribution in [-0.4, -0.2) is 35.2 Å². The van der Waals surface area contributed by atoms with Crippen LogP contribution in [0.5, 0.6) is 0 Å². The third-order valence-electron chi connectivity index (χ3n) is 4.24. The van der Waals surface area contributed by atoms with Crippen LogP contribution in [0.15, 0.2) is 0 Å². The van der Waals surface area contributed by atoms with E-state index in [0.29, 0.717) is 5.92 Å². The van der Waals surface area contributed by atoms with E-state index in [1.807, 2.05) is 13.2 Å². The highest BCUT2D eigenvalue weighted by Gasteiger charge is 2.41. The van der Waals surface area contributed by atoms with E-state index in [9.17, 15) is 9.90 Å². The van der Waals surface area contributed by atoms with Crippen molar-refractivity contribution >= 4 is 17.7 Å². The van der Waals surface area contributed by atoms with E-state index in [0.717, 1.165) is 19.3 Å². The van der Waals surface area contributed by atoms with E-state index in [2.05, 4.69) is 19.2 Å². The standard InChI is InChI=1S/C15H29NO2S/c1-11(2)9-15(7-5-6-8-15)14(18)16-12(3)13(10-17)19-4/h11-13,17H,5-10H2,1-4H3,(H,16,18). The molecule has 1 amide bonds. The van der Waals surface area contributed by atoms with Gasteiger partial charge in [0.2, 0.25) is 5.91 Å². The molecule has 0 spiro atoms. The van der Waals surface area contributed by atoms with Gasteiger partial charge in [-0.3, -0.25) is 4.79 Å². The highest BCUT2D eigenvalue weighted by molar-refractivity contribution is 7.99. The lowest BCUT2D eigenvalue weighted by atomic mass is 9.77. The Kier molecular flexibility index (Phi) is 6.67. The number of carbonyl (C=O) groups excluding carboxylic acids is 1. The molecule has 2 N–H and O–H groups in total. The molecule has 19 heavy (non-hydrogen) atoms. The van der Waals surface area contributed by atoms with Crippen molar-refractivity contribution in [2.45, 2.75) is 64.2 Å². The van der Waals surface area contributed by atoms with Gasteiger partial charge in [0.05, 0.1) is 6.61 Å². The first-order valence-corrected chi connectivity index (χ1v) is 8.68. The molecule has 2 unspecified atom stereocenters. The van der Waals surface area contributed by atoms with Gasteiger partial charge in [0.15, 0.2) is 0 Å². The molecule has 0 aromatic heterocycles. The molecule has 0 aromatic carbocycles. The predicted octanol–water partition coefficient (Wildman–Crippen LogP) is 2.82. The molecule has 1 aliphatic rings. The van der Waals surface area contributed by atoms with Gasteiger partial charge < -0.3 is 10.4 Å². The van der Waals surface area contributed by atoms with Gasteiger partial charge in [-0.05, 0) is 38.4 Å². The third-order valence-corrected chi connectivity index (χ3v) is 5.40. The number of hydrogen-bond donors (Lipinski definition) is 2. The highest BCUT2D eigenvalue weighted by atomic mass is 32.2. The molecule has 0 saturated heterocycles. The van der Waals surface area contributed by atoms with Crippen molar-refractivity contribution in [1.82, 2.24) is 5.32 Å². The highest BCUT2D eigenvalue weighted by Crippen LogP contribution is 2.43. The summed E-state index contributed by atoms with van der Waals surface area (Å²) in [5.41, 5.74) is -0.152. The van der Waals surface area contributed by atoms with Crippen molar-refractivity contribution in [3.05, 3.63) is 0 Å². The molecule has 0 aromatic rings. The maximum Gasteiger partial charge on any atom is 0.226 e. The zero-order valence-electron chi connectivity index (χ0n) is 12.7. The van der Waals surface area contributed by atoms with Crippen molar-refractivity contribution in [2.75, 3.05) is 12.9 Å². The molecule has 0 heterocycles. The van der Waals surface area contributed by atoms with Crippen LogP contribution in [0.4, 0.5) is 0 Å². The summed E-state index contributed by atoms with van der Waals surface area (Å²) in [5.74, 6) is 0.757. The van der Waals surface area contributed by atoms with Crippen LogP contribution >= 0.6 is 11.8 Å². The summed E-state index contributed by atoms with van der Waals surface area (Å²) in [7, 11) is 0. The summed E-state index contributed by atoms with van der Waals surface area (Å²) < 4.78 is 0. The molecule has 0 aliphatic heterocycles. The number of aliphatic hydroxyl groups excluding tert-OH is 1. The number of nitrogens with one attached hydrogen (secondary N) is 1. The lowest BCUT2D eigenvalue weighted by Crippen LogP contribution is -2.48. The van der Waals surface area contributed by atoms with E-state index in [-0.39, 0.29) is 29.2 Å². The van der Waals surface area contributed by atoms with Crippen LogP contribution in [0.2, 0.25) is 0 Å². The minimum Gasteiger partial charge on any atom is -0.395 e. The number of aliphatic hydroxyl groups is 1. The van der Waals surface area contributed by atoms with Crippen LogP contribution in [-0.2, 0) is 4.79 Å². The maximum atomic E-state index is 12.6. The molecule has 0 radical (unpaired) electrons. The van der Waals surface area contributed by atoms with Crippen LogP contribution in [0, 0.1) is 11.3 Å². The zero-order chi connectivity index (χ0) is 14.5. The average molecular weight is 287 g/mol. The Morgan fingerprint density at radius 3 is 2.32 bits per heavy atom. The summed E-state index contributed by atoms with van der Waals surface area (Å²) in [4.78, 5) is 12.6. The minimum absolute atomic E-state index is 0.0251. The smallest absolute Gasteiger partial charge is 0.226 e. The number of rotatable bonds is 7. The Balaban J connectivity index is 2.67. The van der Waals surface area contributed by atoms with E-state index in [1.54, 1.807) is 11.8 Å². The number of hydrogen-bond acceptors (Lipinski definition) is 3. The number of thioether (sulfide) groups is 1. The van der Waals surface area contributed by atoms with Crippen molar-refractivity contribution in [2.24, 2.45) is 11.3 Å². The van der Waals surface area contributed by atoms with Crippen molar-refractivity contribution in [3.8, 4) is 0 Å². The van der Waals surface area contributed by atoms with Crippen LogP contribution in [0.3, 0.4) is 0 Å². The molecule has 1 fully saturated rings. The molecular formula is C15H29NO2S. The topological polar surface area (TPSA) is 49.3 Å². The van der Waals surface area contributed by atoms with Crippen LogP contribution in [0.1, 0.15) is 52.9 Å². The number of amides is 1. The van der Waals surface area contributed by atoms with Crippen LogP contribution in [0.25, 0.3) is 0 Å². The Bertz CT molecular complexity index is 284. The summed E-state index contributed by atoms with van der Waals surface area (Å²) in [5, 5.41) is 12.5. The molecular weight excluding hydrogens is 258 g/mol.